The van der Waals surface area contributed by atoms with Gasteiger partial charge < -0.3 is 15.4 Å². The van der Waals surface area contributed by atoms with E-state index in [1.807, 2.05) is 0 Å². The molecule has 5 heteroatoms. The number of aromatic nitrogens is 1. The Morgan fingerprint density at radius 3 is 3.00 bits per heavy atom. The van der Waals surface area contributed by atoms with Gasteiger partial charge in [0.1, 0.15) is 0 Å². The standard InChI is InChI=1S/C11H15N3O2/c1-3-6-12-8-10(15)14-9-4-5-11(16-2)13-7-9/h3-5,7,12H,1,6,8H2,2H3,(H,14,15). The van der Waals surface area contributed by atoms with Crippen molar-refractivity contribution in [3.05, 3.63) is 31.0 Å². The molecular weight excluding hydrogens is 206 g/mol. The Balaban J connectivity index is 2.40. The molecule has 0 aliphatic heterocycles. The molecule has 0 aliphatic rings. The summed E-state index contributed by atoms with van der Waals surface area (Å²) in [4.78, 5) is 15.3. The van der Waals surface area contributed by atoms with Gasteiger partial charge in [0.25, 0.3) is 0 Å². The van der Waals surface area contributed by atoms with Crippen LogP contribution in [0, 0.1) is 0 Å². The van der Waals surface area contributed by atoms with Crippen LogP contribution >= 0.6 is 0 Å². The Labute approximate surface area is 94.5 Å². The average molecular weight is 221 g/mol. The number of ether oxygens (including phenoxy) is 1. The monoisotopic (exact) mass is 221 g/mol. The molecule has 0 atom stereocenters. The highest BCUT2D eigenvalue weighted by Crippen LogP contribution is 2.10. The van der Waals surface area contributed by atoms with Gasteiger partial charge in [-0.25, -0.2) is 4.98 Å². The van der Waals surface area contributed by atoms with Crippen molar-refractivity contribution in [3.63, 3.8) is 0 Å². The predicted octanol–water partition coefficient (Wildman–Crippen LogP) is 0.804. The van der Waals surface area contributed by atoms with Gasteiger partial charge in [-0.3, -0.25) is 4.79 Å². The highest BCUT2D eigenvalue weighted by molar-refractivity contribution is 5.92. The summed E-state index contributed by atoms with van der Waals surface area (Å²) in [5, 5.41) is 5.60. The minimum atomic E-state index is -0.117. The number of amides is 1. The number of methoxy groups -OCH3 is 1. The fraction of sp³-hybridized carbons (Fsp3) is 0.273. The molecule has 0 saturated carbocycles. The first kappa shape index (κ1) is 12.2. The van der Waals surface area contributed by atoms with Crippen LogP contribution in [0.4, 0.5) is 5.69 Å². The zero-order chi connectivity index (χ0) is 11.8. The third-order valence-electron chi connectivity index (χ3n) is 1.80. The average Bonchev–Trinajstić information content (AvgIpc) is 2.30. The van der Waals surface area contributed by atoms with E-state index in [2.05, 4.69) is 22.2 Å². The molecule has 0 bridgehead atoms. The molecule has 1 aromatic rings. The normalized spacial score (nSPS) is 9.56. The number of carbonyl (C=O) groups is 1. The topological polar surface area (TPSA) is 63.2 Å². The van der Waals surface area contributed by atoms with Gasteiger partial charge in [-0.05, 0) is 6.07 Å². The Bertz CT molecular complexity index is 349. The number of rotatable bonds is 6. The van der Waals surface area contributed by atoms with E-state index in [0.29, 0.717) is 18.1 Å². The van der Waals surface area contributed by atoms with Crippen LogP contribution in [-0.2, 0) is 4.79 Å². The summed E-state index contributed by atoms with van der Waals surface area (Å²) in [5.41, 5.74) is 0.645. The van der Waals surface area contributed by atoms with Gasteiger partial charge in [-0.15, -0.1) is 6.58 Å². The predicted molar refractivity (Wildman–Crippen MR) is 62.5 cm³/mol. The maximum atomic E-state index is 11.4. The Morgan fingerprint density at radius 2 is 2.44 bits per heavy atom. The van der Waals surface area contributed by atoms with Gasteiger partial charge in [-0.2, -0.15) is 0 Å². The SMILES string of the molecule is C=CCNCC(=O)Nc1ccc(OC)nc1. The molecule has 2 N–H and O–H groups in total. The molecule has 0 unspecified atom stereocenters. The second kappa shape index (κ2) is 6.58. The lowest BCUT2D eigenvalue weighted by atomic mass is 10.4. The minimum Gasteiger partial charge on any atom is -0.481 e. The molecule has 86 valence electrons. The van der Waals surface area contributed by atoms with Gasteiger partial charge in [-0.1, -0.05) is 6.08 Å². The molecule has 1 aromatic heterocycles. The fourth-order valence-electron chi connectivity index (χ4n) is 1.07. The van der Waals surface area contributed by atoms with E-state index in [1.165, 1.54) is 0 Å². The van der Waals surface area contributed by atoms with Gasteiger partial charge in [0.2, 0.25) is 11.8 Å². The van der Waals surface area contributed by atoms with E-state index in [9.17, 15) is 4.79 Å². The summed E-state index contributed by atoms with van der Waals surface area (Å²) in [6.07, 6.45) is 3.24. The van der Waals surface area contributed by atoms with E-state index >= 15 is 0 Å². The summed E-state index contributed by atoms with van der Waals surface area (Å²) in [5.74, 6) is 0.400. The van der Waals surface area contributed by atoms with Gasteiger partial charge in [0.15, 0.2) is 0 Å². The van der Waals surface area contributed by atoms with Crippen LogP contribution in [0.5, 0.6) is 5.88 Å². The molecule has 0 spiro atoms. The summed E-state index contributed by atoms with van der Waals surface area (Å²) in [6, 6.07) is 3.42. The van der Waals surface area contributed by atoms with E-state index in [-0.39, 0.29) is 12.5 Å². The number of hydrogen-bond donors (Lipinski definition) is 2. The molecular formula is C11H15N3O2. The van der Waals surface area contributed by atoms with Crippen molar-refractivity contribution in [1.82, 2.24) is 10.3 Å². The molecule has 0 radical (unpaired) electrons. The molecule has 1 amide bonds. The zero-order valence-electron chi connectivity index (χ0n) is 9.19. The van der Waals surface area contributed by atoms with E-state index in [4.69, 9.17) is 4.74 Å². The number of pyridine rings is 1. The first-order valence-corrected chi connectivity index (χ1v) is 4.87. The van der Waals surface area contributed by atoms with Gasteiger partial charge in [0, 0.05) is 12.6 Å². The second-order valence-corrected chi connectivity index (χ2v) is 3.06. The molecule has 16 heavy (non-hydrogen) atoms. The maximum Gasteiger partial charge on any atom is 0.238 e. The first-order chi connectivity index (χ1) is 7.76. The zero-order valence-corrected chi connectivity index (χ0v) is 9.19. The van der Waals surface area contributed by atoms with Gasteiger partial charge in [0.05, 0.1) is 25.5 Å². The number of nitrogens with zero attached hydrogens (tertiary/aromatic N) is 1. The second-order valence-electron chi connectivity index (χ2n) is 3.06. The summed E-state index contributed by atoms with van der Waals surface area (Å²) in [6.45, 7) is 4.40. The summed E-state index contributed by atoms with van der Waals surface area (Å²) in [7, 11) is 1.54. The molecule has 0 aromatic carbocycles. The minimum absolute atomic E-state index is 0.117. The van der Waals surface area contributed by atoms with Crippen LogP contribution < -0.4 is 15.4 Å². The molecule has 0 saturated heterocycles. The van der Waals surface area contributed by atoms with Crippen molar-refractivity contribution in [2.45, 2.75) is 0 Å². The Hall–Kier alpha value is -1.88. The lowest BCUT2D eigenvalue weighted by Crippen LogP contribution is -2.28. The number of nitrogens with one attached hydrogen (secondary N) is 2. The van der Waals surface area contributed by atoms with Crippen LogP contribution in [0.15, 0.2) is 31.0 Å². The first-order valence-electron chi connectivity index (χ1n) is 4.87. The fourth-order valence-corrected chi connectivity index (χ4v) is 1.07. The smallest absolute Gasteiger partial charge is 0.238 e. The van der Waals surface area contributed by atoms with Crippen LogP contribution in [0.3, 0.4) is 0 Å². The van der Waals surface area contributed by atoms with Crippen LogP contribution in [0.2, 0.25) is 0 Å². The molecule has 1 heterocycles. The van der Waals surface area contributed by atoms with Crippen LogP contribution in [-0.4, -0.2) is 31.1 Å². The maximum absolute atomic E-state index is 11.4. The van der Waals surface area contributed by atoms with Crippen molar-refractivity contribution >= 4 is 11.6 Å². The van der Waals surface area contributed by atoms with Crippen molar-refractivity contribution in [1.29, 1.82) is 0 Å². The van der Waals surface area contributed by atoms with Crippen molar-refractivity contribution < 1.29 is 9.53 Å². The molecule has 5 nitrogen and oxygen atoms in total. The van der Waals surface area contributed by atoms with Crippen LogP contribution in [0.1, 0.15) is 0 Å². The molecule has 0 aliphatic carbocycles. The van der Waals surface area contributed by atoms with Crippen molar-refractivity contribution in [2.75, 3.05) is 25.5 Å². The van der Waals surface area contributed by atoms with E-state index < -0.39 is 0 Å². The summed E-state index contributed by atoms with van der Waals surface area (Å²) < 4.78 is 4.91. The summed E-state index contributed by atoms with van der Waals surface area (Å²) >= 11 is 0. The quantitative estimate of drug-likeness (QED) is 0.551. The Morgan fingerprint density at radius 1 is 1.62 bits per heavy atom. The molecule has 0 fully saturated rings. The lowest BCUT2D eigenvalue weighted by Gasteiger charge is -2.05. The number of carbonyl (C=O) groups excluding carboxylic acids is 1. The third kappa shape index (κ3) is 4.10. The van der Waals surface area contributed by atoms with Crippen molar-refractivity contribution in [2.24, 2.45) is 0 Å². The highest BCUT2D eigenvalue weighted by Gasteiger charge is 2.01. The van der Waals surface area contributed by atoms with Crippen LogP contribution in [0.25, 0.3) is 0 Å². The van der Waals surface area contributed by atoms with E-state index in [0.717, 1.165) is 0 Å². The van der Waals surface area contributed by atoms with Gasteiger partial charge >= 0.3 is 0 Å². The molecule has 1 rings (SSSR count). The van der Waals surface area contributed by atoms with Crippen molar-refractivity contribution in [3.8, 4) is 5.88 Å². The Kier molecular flexibility index (Phi) is 5.01. The largest absolute Gasteiger partial charge is 0.481 e. The number of hydrogen-bond acceptors (Lipinski definition) is 4. The lowest BCUT2D eigenvalue weighted by molar-refractivity contribution is -0.115. The highest BCUT2D eigenvalue weighted by atomic mass is 16.5. The number of anilines is 1. The van der Waals surface area contributed by atoms with E-state index in [1.54, 1.807) is 31.5 Å². The third-order valence-corrected chi connectivity index (χ3v) is 1.80.